The second-order valence-electron chi connectivity index (χ2n) is 5.51. The minimum Gasteiger partial charge on any atom is -0.357 e. The van der Waals surface area contributed by atoms with E-state index in [2.05, 4.69) is 31.8 Å². The monoisotopic (exact) mass is 369 g/mol. The van der Waals surface area contributed by atoms with Gasteiger partial charge in [-0.15, -0.1) is 17.8 Å². The quantitative estimate of drug-likeness (QED) is 0.397. The Hall–Kier alpha value is -2.85. The highest BCUT2D eigenvalue weighted by molar-refractivity contribution is 7.11. The summed E-state index contributed by atoms with van der Waals surface area (Å²) < 4.78 is 0. The van der Waals surface area contributed by atoms with E-state index in [0.29, 0.717) is 24.7 Å². The molecule has 0 bridgehead atoms. The van der Waals surface area contributed by atoms with Crippen LogP contribution in [-0.2, 0) is 11.2 Å². The average Bonchev–Trinajstić information content (AvgIpc) is 3.05. The molecule has 0 unspecified atom stereocenters. The molecular weight excluding hydrogens is 346 g/mol. The number of terminal acetylenes is 1. The summed E-state index contributed by atoms with van der Waals surface area (Å²) in [5.74, 6) is 2.95. The van der Waals surface area contributed by atoms with Gasteiger partial charge in [0.2, 0.25) is 5.91 Å². The lowest BCUT2D eigenvalue weighted by Gasteiger charge is -2.10. The summed E-state index contributed by atoms with van der Waals surface area (Å²) in [6, 6.07) is 7.16. The summed E-state index contributed by atoms with van der Waals surface area (Å²) in [5, 5.41) is 10.2. The molecule has 0 aliphatic heterocycles. The predicted molar refractivity (Wildman–Crippen MR) is 108 cm³/mol. The third-order valence-corrected chi connectivity index (χ3v) is 4.31. The molecule has 0 fully saturated rings. The largest absolute Gasteiger partial charge is 0.357 e. The third-order valence-electron chi connectivity index (χ3n) is 3.34. The minimum absolute atomic E-state index is 0.0198. The van der Waals surface area contributed by atoms with Crippen molar-refractivity contribution in [2.75, 3.05) is 25.0 Å². The number of amides is 1. The fourth-order valence-electron chi connectivity index (χ4n) is 2.18. The number of rotatable bonds is 7. The Kier molecular flexibility index (Phi) is 7.65. The van der Waals surface area contributed by atoms with Gasteiger partial charge in [0.1, 0.15) is 6.54 Å². The first kappa shape index (κ1) is 19.5. The predicted octanol–water partition coefficient (Wildman–Crippen LogP) is 2.17. The van der Waals surface area contributed by atoms with Crippen LogP contribution in [0, 0.1) is 19.3 Å². The van der Waals surface area contributed by atoms with Crippen molar-refractivity contribution in [3.05, 3.63) is 45.9 Å². The van der Waals surface area contributed by atoms with Crippen molar-refractivity contribution in [2.24, 2.45) is 4.99 Å². The molecule has 0 radical (unpaired) electrons. The number of aromatic nitrogens is 1. The van der Waals surface area contributed by atoms with Crippen LogP contribution in [-0.4, -0.2) is 36.5 Å². The first-order valence-corrected chi connectivity index (χ1v) is 9.22. The molecule has 1 amide bonds. The van der Waals surface area contributed by atoms with E-state index in [1.165, 1.54) is 4.88 Å². The van der Waals surface area contributed by atoms with E-state index in [-0.39, 0.29) is 12.5 Å². The van der Waals surface area contributed by atoms with Crippen molar-refractivity contribution in [3.63, 3.8) is 0 Å². The van der Waals surface area contributed by atoms with Crippen LogP contribution in [0.5, 0.6) is 0 Å². The Morgan fingerprint density at radius 2 is 2.23 bits per heavy atom. The SMILES string of the molecule is C#Cc1cccc(NC(=O)CN=C(NCC)NCCc2ncc(C)s2)c1. The van der Waals surface area contributed by atoms with E-state index in [4.69, 9.17) is 6.42 Å². The molecule has 3 N–H and O–H groups in total. The minimum atomic E-state index is -0.202. The van der Waals surface area contributed by atoms with Crippen LogP contribution >= 0.6 is 11.3 Å². The maximum Gasteiger partial charge on any atom is 0.246 e. The number of benzene rings is 1. The number of anilines is 1. The highest BCUT2D eigenvalue weighted by atomic mass is 32.1. The highest BCUT2D eigenvalue weighted by Crippen LogP contribution is 2.11. The number of hydrogen-bond donors (Lipinski definition) is 3. The topological polar surface area (TPSA) is 78.4 Å². The molecule has 136 valence electrons. The highest BCUT2D eigenvalue weighted by Gasteiger charge is 2.04. The fourth-order valence-corrected chi connectivity index (χ4v) is 2.97. The third kappa shape index (κ3) is 6.57. The first-order valence-electron chi connectivity index (χ1n) is 8.40. The van der Waals surface area contributed by atoms with Crippen molar-refractivity contribution in [1.29, 1.82) is 0 Å². The number of hydrogen-bond acceptors (Lipinski definition) is 4. The molecule has 2 rings (SSSR count). The molecule has 1 heterocycles. The molecule has 0 saturated carbocycles. The molecule has 1 aromatic heterocycles. The van der Waals surface area contributed by atoms with Crippen molar-refractivity contribution in [3.8, 4) is 12.3 Å². The van der Waals surface area contributed by atoms with Gasteiger partial charge < -0.3 is 16.0 Å². The molecular formula is C19H23N5OS. The number of aryl methyl sites for hydroxylation is 1. The maximum absolute atomic E-state index is 12.1. The van der Waals surface area contributed by atoms with Crippen LogP contribution in [0.15, 0.2) is 35.5 Å². The standard InChI is InChI=1S/C19H23N5OS/c1-4-15-7-6-8-16(11-15)24-17(25)13-23-19(20-5-2)21-10-9-18-22-12-14(3)26-18/h1,6-8,11-12H,5,9-10,13H2,2-3H3,(H,24,25)(H2,20,21,23). The van der Waals surface area contributed by atoms with E-state index in [9.17, 15) is 4.79 Å². The molecule has 7 heteroatoms. The summed E-state index contributed by atoms with van der Waals surface area (Å²) >= 11 is 1.69. The van der Waals surface area contributed by atoms with E-state index in [1.807, 2.05) is 26.1 Å². The average molecular weight is 369 g/mol. The number of thiazole rings is 1. The van der Waals surface area contributed by atoms with Crippen molar-refractivity contribution < 1.29 is 4.79 Å². The van der Waals surface area contributed by atoms with Crippen molar-refractivity contribution in [1.82, 2.24) is 15.6 Å². The number of carbonyl (C=O) groups excluding carboxylic acids is 1. The molecule has 0 atom stereocenters. The zero-order chi connectivity index (χ0) is 18.8. The second-order valence-corrected chi connectivity index (χ2v) is 6.83. The smallest absolute Gasteiger partial charge is 0.246 e. The van der Waals surface area contributed by atoms with Crippen LogP contribution in [0.4, 0.5) is 5.69 Å². The molecule has 0 saturated heterocycles. The molecule has 26 heavy (non-hydrogen) atoms. The van der Waals surface area contributed by atoms with Gasteiger partial charge in [-0.25, -0.2) is 9.98 Å². The molecule has 6 nitrogen and oxygen atoms in total. The molecule has 0 spiro atoms. The summed E-state index contributed by atoms with van der Waals surface area (Å²) in [4.78, 5) is 21.9. The van der Waals surface area contributed by atoms with E-state index in [1.54, 1.807) is 29.5 Å². The number of aliphatic imine (C=N–C) groups is 1. The van der Waals surface area contributed by atoms with Gasteiger partial charge >= 0.3 is 0 Å². The van der Waals surface area contributed by atoms with E-state index >= 15 is 0 Å². The Balaban J connectivity index is 1.84. The van der Waals surface area contributed by atoms with Crippen LogP contribution in [0.1, 0.15) is 22.4 Å². The summed E-state index contributed by atoms with van der Waals surface area (Å²) in [5.41, 5.74) is 1.39. The fraction of sp³-hybridized carbons (Fsp3) is 0.316. The molecule has 2 aromatic rings. The Morgan fingerprint density at radius 3 is 2.92 bits per heavy atom. The lowest BCUT2D eigenvalue weighted by atomic mass is 10.2. The summed E-state index contributed by atoms with van der Waals surface area (Å²) in [7, 11) is 0. The number of carbonyl (C=O) groups is 1. The van der Waals surface area contributed by atoms with Gasteiger partial charge in [0, 0.05) is 41.8 Å². The van der Waals surface area contributed by atoms with Gasteiger partial charge in [0.15, 0.2) is 5.96 Å². The van der Waals surface area contributed by atoms with Crippen molar-refractivity contribution in [2.45, 2.75) is 20.3 Å². The van der Waals surface area contributed by atoms with Crippen molar-refractivity contribution >= 4 is 28.9 Å². The number of guanidine groups is 1. The van der Waals surface area contributed by atoms with Gasteiger partial charge in [-0.1, -0.05) is 12.0 Å². The summed E-state index contributed by atoms with van der Waals surface area (Å²) in [6.45, 7) is 5.45. The van der Waals surface area contributed by atoms with Crippen LogP contribution < -0.4 is 16.0 Å². The van der Waals surface area contributed by atoms with Crippen LogP contribution in [0.25, 0.3) is 0 Å². The molecule has 1 aromatic carbocycles. The first-order chi connectivity index (χ1) is 12.6. The zero-order valence-corrected chi connectivity index (χ0v) is 15.8. The number of nitrogens with zero attached hydrogens (tertiary/aromatic N) is 2. The Bertz CT molecular complexity index is 806. The Labute approximate surface area is 158 Å². The van der Waals surface area contributed by atoms with Gasteiger partial charge in [0.25, 0.3) is 0 Å². The van der Waals surface area contributed by atoms with Gasteiger partial charge in [0.05, 0.1) is 5.01 Å². The number of nitrogens with one attached hydrogen (secondary N) is 3. The summed E-state index contributed by atoms with van der Waals surface area (Å²) in [6.07, 6.45) is 8.05. The van der Waals surface area contributed by atoms with E-state index < -0.39 is 0 Å². The van der Waals surface area contributed by atoms with Crippen LogP contribution in [0.3, 0.4) is 0 Å². The maximum atomic E-state index is 12.1. The molecule has 0 aliphatic carbocycles. The second kappa shape index (κ2) is 10.2. The Morgan fingerprint density at radius 1 is 1.38 bits per heavy atom. The van der Waals surface area contributed by atoms with Gasteiger partial charge in [-0.2, -0.15) is 0 Å². The van der Waals surface area contributed by atoms with Gasteiger partial charge in [-0.3, -0.25) is 4.79 Å². The zero-order valence-electron chi connectivity index (χ0n) is 15.0. The van der Waals surface area contributed by atoms with Gasteiger partial charge in [-0.05, 0) is 32.0 Å². The lowest BCUT2D eigenvalue weighted by molar-refractivity contribution is -0.114. The lowest BCUT2D eigenvalue weighted by Crippen LogP contribution is -2.39. The van der Waals surface area contributed by atoms with Crippen LogP contribution in [0.2, 0.25) is 0 Å². The van der Waals surface area contributed by atoms with E-state index in [0.717, 1.165) is 17.0 Å². The molecule has 0 aliphatic rings. The normalized spacial score (nSPS) is 10.9.